The molecule has 0 bridgehead atoms. The van der Waals surface area contributed by atoms with Gasteiger partial charge in [0.15, 0.2) is 0 Å². The number of hydrogen-bond acceptors (Lipinski definition) is 3. The van der Waals surface area contributed by atoms with Gasteiger partial charge in [-0.3, -0.25) is 14.5 Å². The van der Waals surface area contributed by atoms with Crippen molar-refractivity contribution in [1.29, 1.82) is 0 Å². The molecule has 1 saturated heterocycles. The maximum absolute atomic E-state index is 12.6. The van der Waals surface area contributed by atoms with Crippen molar-refractivity contribution in [2.45, 2.75) is 25.3 Å². The molecule has 0 radical (unpaired) electrons. The van der Waals surface area contributed by atoms with Crippen LogP contribution in [0.4, 0.5) is 5.69 Å². The Bertz CT molecular complexity index is 535. The summed E-state index contributed by atoms with van der Waals surface area (Å²) < 4.78 is 0. The Kier molecular flexibility index (Phi) is 5.20. The smallest absolute Gasteiger partial charge is 0.304 e. The zero-order valence-corrected chi connectivity index (χ0v) is 12.7. The summed E-state index contributed by atoms with van der Waals surface area (Å²) in [7, 11) is 1.79. The molecular formula is C15H19ClN2O3. The van der Waals surface area contributed by atoms with Crippen LogP contribution in [0.25, 0.3) is 0 Å². The van der Waals surface area contributed by atoms with Crippen LogP contribution in [0.5, 0.6) is 0 Å². The number of rotatable bonds is 5. The number of halogens is 1. The number of anilines is 1. The van der Waals surface area contributed by atoms with Crippen molar-refractivity contribution in [3.05, 3.63) is 29.3 Å². The number of nitrogens with zero attached hydrogens (tertiary/aromatic N) is 2. The van der Waals surface area contributed by atoms with E-state index in [2.05, 4.69) is 0 Å². The Balaban J connectivity index is 2.11. The lowest BCUT2D eigenvalue weighted by molar-refractivity contribution is -0.138. The minimum atomic E-state index is -0.854. The molecule has 1 atom stereocenters. The third-order valence-corrected chi connectivity index (χ3v) is 4.08. The maximum atomic E-state index is 12.6. The summed E-state index contributed by atoms with van der Waals surface area (Å²) in [6.07, 6.45) is 1.65. The molecule has 5 nitrogen and oxygen atoms in total. The number of carbonyl (C=O) groups is 2. The molecule has 1 aliphatic rings. The van der Waals surface area contributed by atoms with Crippen LogP contribution in [-0.2, 0) is 9.59 Å². The van der Waals surface area contributed by atoms with Gasteiger partial charge in [0.2, 0.25) is 5.91 Å². The highest BCUT2D eigenvalue weighted by molar-refractivity contribution is 6.33. The minimum Gasteiger partial charge on any atom is -0.481 e. The molecular weight excluding hydrogens is 292 g/mol. The first kappa shape index (κ1) is 15.8. The summed E-state index contributed by atoms with van der Waals surface area (Å²) in [6.45, 7) is 1.01. The number of benzene rings is 1. The van der Waals surface area contributed by atoms with Crippen molar-refractivity contribution in [3.8, 4) is 0 Å². The van der Waals surface area contributed by atoms with Crippen LogP contribution < -0.4 is 4.90 Å². The van der Waals surface area contributed by atoms with Crippen LogP contribution in [0.3, 0.4) is 0 Å². The molecule has 1 aromatic rings. The highest BCUT2D eigenvalue weighted by Gasteiger charge is 2.33. The van der Waals surface area contributed by atoms with Gasteiger partial charge in [-0.15, -0.1) is 0 Å². The average Bonchev–Trinajstić information content (AvgIpc) is 2.46. The third-order valence-electron chi connectivity index (χ3n) is 3.76. The Hall–Kier alpha value is -1.59. The van der Waals surface area contributed by atoms with E-state index in [9.17, 15) is 9.59 Å². The first-order valence-corrected chi connectivity index (χ1v) is 7.36. The van der Waals surface area contributed by atoms with Crippen LogP contribution in [0, 0.1) is 0 Å². The summed E-state index contributed by atoms with van der Waals surface area (Å²) in [5, 5.41) is 9.31. The molecule has 6 heteroatoms. The number of likely N-dealkylation sites (N-methyl/N-ethyl adjacent to an activating group) is 1. The molecule has 0 saturated carbocycles. The summed E-state index contributed by atoms with van der Waals surface area (Å²) in [4.78, 5) is 26.8. The zero-order chi connectivity index (χ0) is 15.4. The number of amides is 1. The third kappa shape index (κ3) is 3.74. The van der Waals surface area contributed by atoms with Gasteiger partial charge in [0, 0.05) is 13.1 Å². The van der Waals surface area contributed by atoms with Crippen LogP contribution in [0.2, 0.25) is 5.02 Å². The number of carbonyl (C=O) groups excluding carboxylic acids is 1. The van der Waals surface area contributed by atoms with E-state index in [1.54, 1.807) is 18.0 Å². The second kappa shape index (κ2) is 6.91. The Morgan fingerprint density at radius 1 is 1.48 bits per heavy atom. The van der Waals surface area contributed by atoms with Crippen LogP contribution in [0.1, 0.15) is 19.3 Å². The lowest BCUT2D eigenvalue weighted by Gasteiger charge is -2.37. The molecule has 1 fully saturated rings. The number of hydrogen-bond donors (Lipinski definition) is 1. The van der Waals surface area contributed by atoms with Crippen LogP contribution in [-0.4, -0.2) is 48.1 Å². The van der Waals surface area contributed by atoms with Crippen molar-refractivity contribution in [2.24, 2.45) is 0 Å². The SMILES string of the molecule is CN(CCC(=O)O)C1CCCN(c2ccccc2Cl)C1=O. The average molecular weight is 311 g/mol. The molecule has 1 amide bonds. The van der Waals surface area contributed by atoms with Gasteiger partial charge in [0.25, 0.3) is 0 Å². The van der Waals surface area contributed by atoms with E-state index in [4.69, 9.17) is 16.7 Å². The van der Waals surface area contributed by atoms with Crippen molar-refractivity contribution in [3.63, 3.8) is 0 Å². The van der Waals surface area contributed by atoms with Crippen molar-refractivity contribution < 1.29 is 14.7 Å². The monoisotopic (exact) mass is 310 g/mol. The molecule has 0 aliphatic carbocycles. The minimum absolute atomic E-state index is 0.0118. The van der Waals surface area contributed by atoms with Crippen LogP contribution in [0.15, 0.2) is 24.3 Å². The predicted molar refractivity (Wildman–Crippen MR) is 81.7 cm³/mol. The number of carboxylic acid groups (broad SMARTS) is 1. The number of carboxylic acids is 1. The predicted octanol–water partition coefficient (Wildman–Crippen LogP) is 2.24. The molecule has 0 aromatic heterocycles. The van der Waals surface area contributed by atoms with E-state index in [1.807, 2.05) is 23.1 Å². The molecule has 1 N–H and O–H groups in total. The molecule has 1 aliphatic heterocycles. The fourth-order valence-corrected chi connectivity index (χ4v) is 2.84. The van der Waals surface area contributed by atoms with E-state index in [-0.39, 0.29) is 18.4 Å². The zero-order valence-electron chi connectivity index (χ0n) is 12.0. The van der Waals surface area contributed by atoms with E-state index in [1.165, 1.54) is 0 Å². The van der Waals surface area contributed by atoms with Crippen LogP contribution >= 0.6 is 11.6 Å². The van der Waals surface area contributed by atoms with E-state index >= 15 is 0 Å². The van der Waals surface area contributed by atoms with E-state index < -0.39 is 5.97 Å². The maximum Gasteiger partial charge on any atom is 0.304 e. The normalized spacial score (nSPS) is 19.1. The van der Waals surface area contributed by atoms with Gasteiger partial charge >= 0.3 is 5.97 Å². The lowest BCUT2D eigenvalue weighted by atomic mass is 10.0. The number of piperidine rings is 1. The van der Waals surface area contributed by atoms with Crippen molar-refractivity contribution in [1.82, 2.24) is 4.90 Å². The van der Waals surface area contributed by atoms with Crippen molar-refractivity contribution in [2.75, 3.05) is 25.0 Å². The van der Waals surface area contributed by atoms with E-state index in [0.29, 0.717) is 18.1 Å². The Labute approximate surface area is 129 Å². The molecule has 21 heavy (non-hydrogen) atoms. The van der Waals surface area contributed by atoms with Gasteiger partial charge in [-0.05, 0) is 32.0 Å². The largest absolute Gasteiger partial charge is 0.481 e. The lowest BCUT2D eigenvalue weighted by Crippen LogP contribution is -2.51. The highest BCUT2D eigenvalue weighted by atomic mass is 35.5. The summed E-state index contributed by atoms with van der Waals surface area (Å²) in [5.74, 6) is -0.865. The first-order valence-electron chi connectivity index (χ1n) is 6.98. The van der Waals surface area contributed by atoms with E-state index in [0.717, 1.165) is 18.5 Å². The summed E-state index contributed by atoms with van der Waals surface area (Å²) in [5.41, 5.74) is 0.723. The Morgan fingerprint density at radius 3 is 2.86 bits per heavy atom. The fourth-order valence-electron chi connectivity index (χ4n) is 2.60. The number of aliphatic carboxylic acids is 1. The van der Waals surface area contributed by atoms with Crippen molar-refractivity contribution >= 4 is 29.2 Å². The molecule has 114 valence electrons. The number of para-hydroxylation sites is 1. The van der Waals surface area contributed by atoms with Gasteiger partial charge in [-0.25, -0.2) is 0 Å². The molecule has 2 rings (SSSR count). The first-order chi connectivity index (χ1) is 10.0. The fraction of sp³-hybridized carbons (Fsp3) is 0.467. The Morgan fingerprint density at radius 2 is 2.19 bits per heavy atom. The standard InChI is InChI=1S/C15H19ClN2O3/c1-17(10-8-14(19)20)13-7-4-9-18(15(13)21)12-6-3-2-5-11(12)16/h2-3,5-6,13H,4,7-10H2,1H3,(H,19,20). The molecule has 1 aromatic carbocycles. The summed E-state index contributed by atoms with van der Waals surface area (Å²) in [6, 6.07) is 7.00. The van der Waals surface area contributed by atoms with Gasteiger partial charge in [-0.2, -0.15) is 0 Å². The topological polar surface area (TPSA) is 60.9 Å². The highest BCUT2D eigenvalue weighted by Crippen LogP contribution is 2.29. The quantitative estimate of drug-likeness (QED) is 0.906. The van der Waals surface area contributed by atoms with Gasteiger partial charge < -0.3 is 10.0 Å². The van der Waals surface area contributed by atoms with Gasteiger partial charge in [-0.1, -0.05) is 23.7 Å². The molecule has 1 heterocycles. The second-order valence-electron chi connectivity index (χ2n) is 5.22. The van der Waals surface area contributed by atoms with Gasteiger partial charge in [0.05, 0.1) is 23.2 Å². The molecule has 1 unspecified atom stereocenters. The molecule has 0 spiro atoms. The second-order valence-corrected chi connectivity index (χ2v) is 5.63. The van der Waals surface area contributed by atoms with Gasteiger partial charge in [0.1, 0.15) is 0 Å². The summed E-state index contributed by atoms with van der Waals surface area (Å²) >= 11 is 6.17.